The molecule has 5 atom stereocenters. The van der Waals surface area contributed by atoms with Gasteiger partial charge in [-0.25, -0.2) is 9.97 Å². The van der Waals surface area contributed by atoms with Crippen molar-refractivity contribution in [3.05, 3.63) is 58.7 Å². The first kappa shape index (κ1) is 24.8. The summed E-state index contributed by atoms with van der Waals surface area (Å²) in [6.45, 7) is 10.7. The van der Waals surface area contributed by atoms with Crippen molar-refractivity contribution in [3.63, 3.8) is 0 Å². The number of nitrogens with zero attached hydrogens (tertiary/aromatic N) is 4. The van der Waals surface area contributed by atoms with Crippen LogP contribution in [0.4, 0.5) is 0 Å². The minimum atomic E-state index is -0.261. The lowest BCUT2D eigenvalue weighted by atomic mass is 9.83. The summed E-state index contributed by atoms with van der Waals surface area (Å²) in [6.07, 6.45) is 1.45. The minimum Gasteiger partial charge on any atom is -0.377 e. The van der Waals surface area contributed by atoms with Crippen LogP contribution >= 0.6 is 0 Å². The van der Waals surface area contributed by atoms with Gasteiger partial charge in [0.15, 0.2) is 0 Å². The second-order valence-electron chi connectivity index (χ2n) is 10.7. The summed E-state index contributed by atoms with van der Waals surface area (Å²) < 4.78 is 6.07. The lowest BCUT2D eigenvalue weighted by Crippen LogP contribution is -2.37. The minimum absolute atomic E-state index is 0.0611. The van der Waals surface area contributed by atoms with E-state index >= 15 is 0 Å². The molecule has 3 aliphatic heterocycles. The fourth-order valence-corrected chi connectivity index (χ4v) is 6.65. The van der Waals surface area contributed by atoms with Crippen LogP contribution in [0.1, 0.15) is 51.9 Å². The molecule has 0 spiro atoms. The van der Waals surface area contributed by atoms with Crippen molar-refractivity contribution in [2.45, 2.75) is 45.6 Å². The van der Waals surface area contributed by atoms with Crippen LogP contribution in [0.3, 0.4) is 0 Å². The van der Waals surface area contributed by atoms with Crippen molar-refractivity contribution < 1.29 is 14.3 Å². The Kier molecular flexibility index (Phi) is 7.08. The number of aryl methyl sites for hydroxylation is 3. The molecule has 0 saturated carbocycles. The fourth-order valence-electron chi connectivity index (χ4n) is 6.65. The van der Waals surface area contributed by atoms with Crippen LogP contribution in [0.2, 0.25) is 0 Å². The van der Waals surface area contributed by atoms with Gasteiger partial charge in [-0.1, -0.05) is 30.3 Å². The second-order valence-corrected chi connectivity index (χ2v) is 10.7. The molecule has 0 bridgehead atoms. The van der Waals surface area contributed by atoms with E-state index in [1.165, 1.54) is 5.56 Å². The van der Waals surface area contributed by atoms with Gasteiger partial charge in [0.2, 0.25) is 5.91 Å². The van der Waals surface area contributed by atoms with Crippen LogP contribution in [-0.4, -0.2) is 77.0 Å². The molecule has 2 N–H and O–H groups in total. The standard InChI is InChI=1S/C28H37N5O3/c1-17-25(18(2)31-19(3)30-17)28(35)33-15-21-13-32(14-22(21)16-33)11-9-23(20-7-5-4-6-8-20)26-24(27(29)34)10-12-36-26/h4-8,21-24,26H,9-16H2,1-3H3,(H2,29,34)/t21?,22?,23-,24?,26?/m0/s1. The number of ether oxygens (including phenoxy) is 1. The van der Waals surface area contributed by atoms with E-state index in [9.17, 15) is 9.59 Å². The number of nitrogens with two attached hydrogens (primary N) is 1. The van der Waals surface area contributed by atoms with Gasteiger partial charge in [0.1, 0.15) is 5.82 Å². The average molecular weight is 492 g/mol. The topological polar surface area (TPSA) is 102 Å². The third-order valence-electron chi connectivity index (χ3n) is 8.33. The average Bonchev–Trinajstić information content (AvgIpc) is 3.54. The smallest absolute Gasteiger partial charge is 0.257 e. The van der Waals surface area contributed by atoms with E-state index in [2.05, 4.69) is 27.0 Å². The molecule has 0 radical (unpaired) electrons. The summed E-state index contributed by atoms with van der Waals surface area (Å²) in [5.41, 5.74) is 9.11. The molecular formula is C28H37N5O3. The van der Waals surface area contributed by atoms with Gasteiger partial charge < -0.3 is 20.3 Å². The number of fused-ring (bicyclic) bond motifs is 1. The zero-order valence-corrected chi connectivity index (χ0v) is 21.5. The number of carbonyl (C=O) groups is 2. The van der Waals surface area contributed by atoms with Crippen molar-refractivity contribution >= 4 is 11.8 Å². The Morgan fingerprint density at radius 3 is 2.28 bits per heavy atom. The molecule has 3 saturated heterocycles. The van der Waals surface area contributed by atoms with E-state index in [4.69, 9.17) is 10.5 Å². The highest BCUT2D eigenvalue weighted by Gasteiger charge is 2.43. The summed E-state index contributed by atoms with van der Waals surface area (Å²) in [5.74, 6) is 1.38. The summed E-state index contributed by atoms with van der Waals surface area (Å²) >= 11 is 0. The molecule has 3 fully saturated rings. The first-order chi connectivity index (χ1) is 17.3. The van der Waals surface area contributed by atoms with Crippen LogP contribution in [0, 0.1) is 38.5 Å². The number of primary amides is 1. The SMILES string of the molecule is Cc1nc(C)c(C(=O)N2CC3CN(CC[C@@H](c4ccccc4)C4OCCC4C(N)=O)CC3C2)c(C)n1. The lowest BCUT2D eigenvalue weighted by Gasteiger charge is -2.29. The Bertz CT molecular complexity index is 1090. The van der Waals surface area contributed by atoms with Crippen LogP contribution in [0.15, 0.2) is 30.3 Å². The van der Waals surface area contributed by atoms with Gasteiger partial charge in [-0.05, 0) is 57.6 Å². The van der Waals surface area contributed by atoms with Crippen LogP contribution in [-0.2, 0) is 9.53 Å². The summed E-state index contributed by atoms with van der Waals surface area (Å²) in [6, 6.07) is 10.4. The largest absolute Gasteiger partial charge is 0.377 e. The van der Waals surface area contributed by atoms with E-state index in [0.717, 1.165) is 50.5 Å². The molecular weight excluding hydrogens is 454 g/mol. The Morgan fingerprint density at radius 2 is 1.67 bits per heavy atom. The second kappa shape index (κ2) is 10.3. The van der Waals surface area contributed by atoms with E-state index in [1.807, 2.05) is 43.9 Å². The number of rotatable bonds is 7. The number of hydrogen-bond acceptors (Lipinski definition) is 6. The van der Waals surface area contributed by atoms with E-state index in [0.29, 0.717) is 36.3 Å². The zero-order chi connectivity index (χ0) is 25.4. The molecule has 36 heavy (non-hydrogen) atoms. The van der Waals surface area contributed by atoms with Crippen LogP contribution in [0.25, 0.3) is 0 Å². The zero-order valence-electron chi connectivity index (χ0n) is 21.5. The number of likely N-dealkylation sites (tertiary alicyclic amines) is 2. The van der Waals surface area contributed by atoms with E-state index in [1.54, 1.807) is 0 Å². The Labute approximate surface area is 213 Å². The lowest BCUT2D eigenvalue weighted by molar-refractivity contribution is -0.123. The van der Waals surface area contributed by atoms with Gasteiger partial charge >= 0.3 is 0 Å². The Morgan fingerprint density at radius 1 is 1.03 bits per heavy atom. The third-order valence-corrected chi connectivity index (χ3v) is 8.33. The molecule has 5 rings (SSSR count). The number of hydrogen-bond donors (Lipinski definition) is 1. The molecule has 192 valence electrons. The highest BCUT2D eigenvalue weighted by molar-refractivity contribution is 5.96. The molecule has 1 aromatic carbocycles. The van der Waals surface area contributed by atoms with Crippen molar-refractivity contribution in [2.75, 3.05) is 39.3 Å². The molecule has 2 amide bonds. The summed E-state index contributed by atoms with van der Waals surface area (Å²) in [7, 11) is 0. The maximum absolute atomic E-state index is 13.3. The predicted molar refractivity (Wildman–Crippen MR) is 136 cm³/mol. The monoisotopic (exact) mass is 491 g/mol. The summed E-state index contributed by atoms with van der Waals surface area (Å²) in [4.78, 5) is 38.7. The van der Waals surface area contributed by atoms with Crippen LogP contribution in [0.5, 0.6) is 0 Å². The van der Waals surface area contributed by atoms with Crippen molar-refractivity contribution in [2.24, 2.45) is 23.5 Å². The first-order valence-electron chi connectivity index (χ1n) is 13.1. The van der Waals surface area contributed by atoms with Crippen molar-refractivity contribution in [1.82, 2.24) is 19.8 Å². The molecule has 3 aliphatic rings. The molecule has 1 aromatic heterocycles. The molecule has 8 nitrogen and oxygen atoms in total. The quantitative estimate of drug-likeness (QED) is 0.639. The number of benzene rings is 1. The van der Waals surface area contributed by atoms with Gasteiger partial charge in [0.25, 0.3) is 5.91 Å². The van der Waals surface area contributed by atoms with E-state index in [-0.39, 0.29) is 29.8 Å². The molecule has 2 aromatic rings. The molecule has 4 heterocycles. The fraction of sp³-hybridized carbons (Fsp3) is 0.571. The number of aromatic nitrogens is 2. The molecule has 8 heteroatoms. The van der Waals surface area contributed by atoms with Gasteiger partial charge in [0.05, 0.1) is 29.0 Å². The predicted octanol–water partition coefficient (Wildman–Crippen LogP) is 2.47. The van der Waals surface area contributed by atoms with Gasteiger partial charge in [-0.3, -0.25) is 9.59 Å². The van der Waals surface area contributed by atoms with Crippen LogP contribution < -0.4 is 5.73 Å². The van der Waals surface area contributed by atoms with Gasteiger partial charge in [0, 0.05) is 38.7 Å². The summed E-state index contributed by atoms with van der Waals surface area (Å²) in [5, 5.41) is 0. The van der Waals surface area contributed by atoms with Crippen molar-refractivity contribution in [1.29, 1.82) is 0 Å². The first-order valence-corrected chi connectivity index (χ1v) is 13.1. The van der Waals surface area contributed by atoms with Gasteiger partial charge in [-0.2, -0.15) is 0 Å². The Balaban J connectivity index is 1.21. The molecule has 4 unspecified atom stereocenters. The maximum atomic E-state index is 13.3. The van der Waals surface area contributed by atoms with E-state index < -0.39 is 0 Å². The third kappa shape index (κ3) is 4.89. The maximum Gasteiger partial charge on any atom is 0.257 e. The highest BCUT2D eigenvalue weighted by Crippen LogP contribution is 2.37. The number of carbonyl (C=O) groups excluding carboxylic acids is 2. The molecule has 0 aliphatic carbocycles. The number of amides is 2. The Hall–Kier alpha value is -2.84. The highest BCUT2D eigenvalue weighted by atomic mass is 16.5. The normalized spacial score (nSPS) is 26.8. The van der Waals surface area contributed by atoms with Crippen molar-refractivity contribution in [3.8, 4) is 0 Å². The van der Waals surface area contributed by atoms with Gasteiger partial charge in [-0.15, -0.1) is 0 Å².